The van der Waals surface area contributed by atoms with Crippen LogP contribution in [0.2, 0.25) is 0 Å². The topological polar surface area (TPSA) is 89.0 Å². The van der Waals surface area contributed by atoms with E-state index in [1.54, 1.807) is 44.2 Å². The third-order valence-corrected chi connectivity index (χ3v) is 5.58. The molecule has 0 aliphatic heterocycles. The summed E-state index contributed by atoms with van der Waals surface area (Å²) in [6, 6.07) is 3.68. The van der Waals surface area contributed by atoms with E-state index in [-0.39, 0.29) is 11.4 Å². The second-order valence-electron chi connectivity index (χ2n) is 7.54. The van der Waals surface area contributed by atoms with Crippen LogP contribution in [-0.4, -0.2) is 42.6 Å². The second kappa shape index (κ2) is 7.73. The Labute approximate surface area is 187 Å². The fraction of sp³-hybridized carbons (Fsp3) is 0.217. The van der Waals surface area contributed by atoms with E-state index in [1.807, 2.05) is 19.3 Å². The molecular weight excluding hydrogens is 427 g/mol. The lowest BCUT2D eigenvalue weighted by atomic mass is 10.0. The van der Waals surface area contributed by atoms with E-state index in [1.165, 1.54) is 15.3 Å². The maximum Gasteiger partial charge on any atom is 0.333 e. The molecule has 0 fully saturated rings. The zero-order chi connectivity index (χ0) is 23.3. The Morgan fingerprint density at radius 3 is 2.61 bits per heavy atom. The van der Waals surface area contributed by atoms with Crippen molar-refractivity contribution in [1.29, 1.82) is 0 Å². The highest BCUT2D eigenvalue weighted by Crippen LogP contribution is 2.37. The number of imidazole rings is 1. The molecule has 0 unspecified atom stereocenters. The minimum Gasteiger partial charge on any atom is -0.496 e. The predicted octanol–water partition coefficient (Wildman–Crippen LogP) is 3.22. The first-order valence-corrected chi connectivity index (χ1v) is 10.3. The molecule has 5 rings (SSSR count). The first-order valence-electron chi connectivity index (χ1n) is 10.3. The molecule has 0 amide bonds. The van der Waals surface area contributed by atoms with Gasteiger partial charge < -0.3 is 9.47 Å². The monoisotopic (exact) mass is 448 g/mol. The highest BCUT2D eigenvalue weighted by molar-refractivity contribution is 6.05. The van der Waals surface area contributed by atoms with E-state index in [0.29, 0.717) is 34.3 Å². The maximum absolute atomic E-state index is 15.1. The normalized spacial score (nSPS) is 11.4. The number of nitrogens with zero attached hydrogens (tertiary/aromatic N) is 6. The Morgan fingerprint density at radius 2 is 1.91 bits per heavy atom. The SMILES string of the molecule is CCOc1cncc(F)c1-n1c(=O)n(C)c2cnc3cc(OC)c(-c4cnn(C)c4)cc3c21. The fourth-order valence-corrected chi connectivity index (χ4v) is 4.08. The summed E-state index contributed by atoms with van der Waals surface area (Å²) in [5.74, 6) is 0.122. The van der Waals surface area contributed by atoms with Crippen LogP contribution < -0.4 is 15.2 Å². The molecule has 0 aliphatic carbocycles. The van der Waals surface area contributed by atoms with Crippen molar-refractivity contribution in [2.75, 3.05) is 13.7 Å². The fourth-order valence-electron chi connectivity index (χ4n) is 4.08. The molecule has 0 N–H and O–H groups in total. The molecule has 0 saturated heterocycles. The molecule has 0 atom stereocenters. The number of rotatable bonds is 5. The van der Waals surface area contributed by atoms with Crippen LogP contribution >= 0.6 is 0 Å². The minimum atomic E-state index is -0.665. The standard InChI is InChI=1S/C23H21FN6O3/c1-5-33-20-11-25-9-16(24)22(20)30-21-15-6-14(13-8-27-28(2)12-13)19(32-4)7-17(15)26-10-18(21)29(3)23(30)31/h6-12H,5H2,1-4H3. The van der Waals surface area contributed by atoms with Crippen LogP contribution in [0.3, 0.4) is 0 Å². The van der Waals surface area contributed by atoms with Crippen molar-refractivity contribution >= 4 is 21.9 Å². The molecular formula is C23H21FN6O3. The summed E-state index contributed by atoms with van der Waals surface area (Å²) >= 11 is 0. The number of fused-ring (bicyclic) bond motifs is 3. The lowest BCUT2D eigenvalue weighted by Gasteiger charge is -2.13. The quantitative estimate of drug-likeness (QED) is 0.410. The average Bonchev–Trinajstić information content (AvgIpc) is 3.35. The number of hydrogen-bond donors (Lipinski definition) is 0. The molecule has 168 valence electrons. The van der Waals surface area contributed by atoms with E-state index in [9.17, 15) is 4.79 Å². The van der Waals surface area contributed by atoms with Gasteiger partial charge >= 0.3 is 5.69 Å². The van der Waals surface area contributed by atoms with Crippen molar-refractivity contribution in [3.05, 3.63) is 59.4 Å². The van der Waals surface area contributed by atoms with E-state index >= 15 is 4.39 Å². The third kappa shape index (κ3) is 3.13. The number of hydrogen-bond acceptors (Lipinski definition) is 6. The molecule has 9 nitrogen and oxygen atoms in total. The van der Waals surface area contributed by atoms with Crippen molar-refractivity contribution in [3.8, 4) is 28.3 Å². The van der Waals surface area contributed by atoms with E-state index in [2.05, 4.69) is 15.1 Å². The van der Waals surface area contributed by atoms with Gasteiger partial charge in [-0.15, -0.1) is 0 Å². The van der Waals surface area contributed by atoms with Gasteiger partial charge in [-0.25, -0.2) is 9.18 Å². The lowest BCUT2D eigenvalue weighted by molar-refractivity contribution is 0.335. The molecule has 1 aromatic carbocycles. The van der Waals surface area contributed by atoms with Crippen LogP contribution in [0, 0.1) is 5.82 Å². The van der Waals surface area contributed by atoms with Gasteiger partial charge in [0, 0.05) is 42.9 Å². The Hall–Kier alpha value is -4.21. The molecule has 0 saturated carbocycles. The molecule has 0 spiro atoms. The van der Waals surface area contributed by atoms with Gasteiger partial charge in [0.15, 0.2) is 11.6 Å². The molecule has 5 aromatic rings. The van der Waals surface area contributed by atoms with E-state index in [4.69, 9.17) is 9.47 Å². The van der Waals surface area contributed by atoms with Gasteiger partial charge in [0.25, 0.3) is 0 Å². The Kier molecular flexibility index (Phi) is 4.85. The summed E-state index contributed by atoms with van der Waals surface area (Å²) in [6.45, 7) is 2.08. The summed E-state index contributed by atoms with van der Waals surface area (Å²) in [4.78, 5) is 21.8. The smallest absolute Gasteiger partial charge is 0.333 e. The van der Waals surface area contributed by atoms with Gasteiger partial charge in [-0.3, -0.25) is 23.8 Å². The highest BCUT2D eigenvalue weighted by Gasteiger charge is 2.23. The largest absolute Gasteiger partial charge is 0.496 e. The van der Waals surface area contributed by atoms with E-state index < -0.39 is 11.5 Å². The van der Waals surface area contributed by atoms with Crippen LogP contribution in [0.25, 0.3) is 38.8 Å². The first-order chi connectivity index (χ1) is 15.9. The van der Waals surface area contributed by atoms with Crippen molar-refractivity contribution in [2.45, 2.75) is 6.92 Å². The van der Waals surface area contributed by atoms with E-state index in [0.717, 1.165) is 17.3 Å². The first kappa shape index (κ1) is 20.7. The van der Waals surface area contributed by atoms with Crippen molar-refractivity contribution in [1.82, 2.24) is 28.9 Å². The zero-order valence-electron chi connectivity index (χ0n) is 18.5. The summed E-state index contributed by atoms with van der Waals surface area (Å²) in [7, 11) is 5.03. The van der Waals surface area contributed by atoms with Gasteiger partial charge in [-0.1, -0.05) is 0 Å². The summed E-state index contributed by atoms with van der Waals surface area (Å²) in [6.07, 6.45) is 7.66. The molecule has 0 bridgehead atoms. The number of aryl methyl sites for hydroxylation is 2. The van der Waals surface area contributed by atoms with Crippen molar-refractivity contribution in [2.24, 2.45) is 14.1 Å². The van der Waals surface area contributed by atoms with Gasteiger partial charge in [0.05, 0.1) is 55.1 Å². The summed E-state index contributed by atoms with van der Waals surface area (Å²) in [5, 5.41) is 4.91. The summed E-state index contributed by atoms with van der Waals surface area (Å²) < 4.78 is 30.7. The average molecular weight is 448 g/mol. The molecule has 4 aromatic heterocycles. The Balaban J connectivity index is 1.94. The number of pyridine rings is 2. The number of ether oxygens (including phenoxy) is 2. The highest BCUT2D eigenvalue weighted by atomic mass is 19.1. The Morgan fingerprint density at radius 1 is 1.09 bits per heavy atom. The predicted molar refractivity (Wildman–Crippen MR) is 121 cm³/mol. The maximum atomic E-state index is 15.1. The number of aromatic nitrogens is 6. The zero-order valence-corrected chi connectivity index (χ0v) is 18.5. The Bertz CT molecular complexity index is 1580. The number of methoxy groups -OCH3 is 1. The van der Waals surface area contributed by atoms with Gasteiger partial charge in [0.1, 0.15) is 11.4 Å². The molecule has 4 heterocycles. The van der Waals surface area contributed by atoms with Gasteiger partial charge in [-0.05, 0) is 13.0 Å². The molecule has 0 aliphatic rings. The van der Waals surface area contributed by atoms with Gasteiger partial charge in [0.2, 0.25) is 0 Å². The second-order valence-corrected chi connectivity index (χ2v) is 7.54. The third-order valence-electron chi connectivity index (χ3n) is 5.58. The number of benzene rings is 1. The van der Waals surface area contributed by atoms with Crippen LogP contribution in [0.15, 0.2) is 47.9 Å². The van der Waals surface area contributed by atoms with Crippen LogP contribution in [0.5, 0.6) is 11.5 Å². The van der Waals surface area contributed by atoms with Crippen molar-refractivity contribution < 1.29 is 13.9 Å². The lowest BCUT2D eigenvalue weighted by Crippen LogP contribution is -2.22. The summed E-state index contributed by atoms with van der Waals surface area (Å²) in [5.41, 5.74) is 2.84. The molecule has 10 heteroatoms. The van der Waals surface area contributed by atoms with Crippen LogP contribution in [0.4, 0.5) is 4.39 Å². The number of halogens is 1. The van der Waals surface area contributed by atoms with Crippen LogP contribution in [0.1, 0.15) is 6.92 Å². The van der Waals surface area contributed by atoms with Crippen molar-refractivity contribution in [3.63, 3.8) is 0 Å². The van der Waals surface area contributed by atoms with Gasteiger partial charge in [-0.2, -0.15) is 5.10 Å². The minimum absolute atomic E-state index is 0.00805. The molecule has 33 heavy (non-hydrogen) atoms. The molecule has 0 radical (unpaired) electrons. The van der Waals surface area contributed by atoms with Crippen LogP contribution in [-0.2, 0) is 14.1 Å².